The number of nitrogens with one attached hydrogen (secondary N) is 2. The van der Waals surface area contributed by atoms with Crippen molar-refractivity contribution in [2.45, 2.75) is 66.5 Å². The second kappa shape index (κ2) is 11.4. The fourth-order valence-electron chi connectivity index (χ4n) is 6.61. The molecule has 3 fully saturated rings. The molecule has 3 aliphatic carbocycles. The summed E-state index contributed by atoms with van der Waals surface area (Å²) in [6, 6.07) is 4.70. The van der Waals surface area contributed by atoms with E-state index >= 15 is 0 Å². The Bertz CT molecular complexity index is 1480. The van der Waals surface area contributed by atoms with Crippen molar-refractivity contribution in [2.24, 2.45) is 17.8 Å². The Morgan fingerprint density at radius 3 is 2.10 bits per heavy atom. The molecule has 14 heteroatoms. The van der Waals surface area contributed by atoms with E-state index in [0.29, 0.717) is 25.0 Å². The van der Waals surface area contributed by atoms with Gasteiger partial charge in [-0.05, 0) is 68.6 Å². The van der Waals surface area contributed by atoms with E-state index in [9.17, 15) is 46.5 Å². The van der Waals surface area contributed by atoms with E-state index in [1.54, 1.807) is 0 Å². The zero-order valence-corrected chi connectivity index (χ0v) is 23.8. The lowest BCUT2D eigenvalue weighted by atomic mass is 9.74. The minimum atomic E-state index is -4.11. The average Bonchev–Trinajstić information content (AvgIpc) is 3.31. The normalized spacial score (nSPS) is 30.7. The topological polar surface area (TPSA) is 153 Å². The molecule has 0 spiro atoms. The van der Waals surface area contributed by atoms with Crippen LogP contribution in [-0.2, 0) is 14.6 Å². The molecule has 9 nitrogen and oxygen atoms in total. The van der Waals surface area contributed by atoms with E-state index in [0.717, 1.165) is 6.07 Å². The third kappa shape index (κ3) is 5.64. The Balaban J connectivity index is 1.29. The predicted molar refractivity (Wildman–Crippen MR) is 145 cm³/mol. The van der Waals surface area contributed by atoms with Crippen LogP contribution < -0.4 is 10.6 Å². The van der Waals surface area contributed by atoms with Crippen molar-refractivity contribution in [2.75, 3.05) is 11.9 Å². The van der Waals surface area contributed by atoms with Gasteiger partial charge in [0.15, 0.2) is 27.3 Å². The maximum absolute atomic E-state index is 13.7. The van der Waals surface area contributed by atoms with Gasteiger partial charge in [0, 0.05) is 35.8 Å². The van der Waals surface area contributed by atoms with Crippen LogP contribution in [0.4, 0.5) is 18.9 Å². The number of anilines is 1. The quantitative estimate of drug-likeness (QED) is 0.295. The smallest absolute Gasteiger partial charge is 0.255 e. The maximum atomic E-state index is 13.7. The lowest BCUT2D eigenvalue weighted by molar-refractivity contribution is -0.128. The summed E-state index contributed by atoms with van der Waals surface area (Å²) in [6.45, 7) is -0.0857. The standard InChI is InChI=1S/C28H30ClF3N2O7S/c29-19-4-1-13(27(38)34-17-10-20(30)25(32)21(31)11-17)7-24(19)42(40,41)18-8-15-2-3-16(9-18)28(15,39)12-33-26(37)14-5-22(35)23(36)6-14/h1,4,7,10-11,14-16,18,22-23,35-36,39H,2-3,5-6,8-9,12H2,(H,33,37)(H,34,38)/t14?,15-,16?,18-,22?,23?,28-/m0/s1. The molecule has 0 aromatic heterocycles. The molecule has 42 heavy (non-hydrogen) atoms. The third-order valence-corrected chi connectivity index (χ3v) is 11.6. The molecule has 228 valence electrons. The molecule has 2 amide bonds. The van der Waals surface area contributed by atoms with Crippen LogP contribution in [-0.4, -0.2) is 65.2 Å². The molecule has 0 heterocycles. The highest BCUT2D eigenvalue weighted by molar-refractivity contribution is 7.92. The zero-order chi connectivity index (χ0) is 30.6. The van der Waals surface area contributed by atoms with Gasteiger partial charge in [-0.15, -0.1) is 0 Å². The summed E-state index contributed by atoms with van der Waals surface area (Å²) in [5, 5.41) is 34.9. The number of fused-ring (bicyclic) bond motifs is 2. The van der Waals surface area contributed by atoms with Crippen LogP contribution in [0.1, 0.15) is 48.9 Å². The lowest BCUT2D eigenvalue weighted by Crippen LogP contribution is -2.55. The third-order valence-electron chi connectivity index (χ3n) is 8.97. The summed E-state index contributed by atoms with van der Waals surface area (Å²) < 4.78 is 67.9. The SMILES string of the molecule is O=C(Nc1cc(F)c(F)c(F)c1)c1ccc(Cl)c(S(=O)(=O)[C@@H]2CC3CC[C@@H](C2)[C@@]3(O)CNC(=O)C2CC(O)C(O)C2)c1. The highest BCUT2D eigenvalue weighted by Crippen LogP contribution is 2.52. The first-order chi connectivity index (χ1) is 19.7. The Kier molecular flexibility index (Phi) is 8.36. The number of hydrogen-bond acceptors (Lipinski definition) is 7. The number of sulfone groups is 1. The van der Waals surface area contributed by atoms with Crippen molar-refractivity contribution >= 4 is 38.9 Å². The number of halogens is 4. The molecule has 2 aromatic carbocycles. The number of hydrogen-bond donors (Lipinski definition) is 5. The van der Waals surface area contributed by atoms with Gasteiger partial charge >= 0.3 is 0 Å². The van der Waals surface area contributed by atoms with Gasteiger partial charge in [0.2, 0.25) is 5.91 Å². The van der Waals surface area contributed by atoms with Gasteiger partial charge in [0.05, 0.1) is 33.0 Å². The average molecular weight is 631 g/mol. The van der Waals surface area contributed by atoms with E-state index in [4.69, 9.17) is 11.6 Å². The van der Waals surface area contributed by atoms with Gasteiger partial charge < -0.3 is 26.0 Å². The van der Waals surface area contributed by atoms with Crippen LogP contribution in [0.25, 0.3) is 0 Å². The first-order valence-electron chi connectivity index (χ1n) is 13.6. The number of carbonyl (C=O) groups is 2. The van der Waals surface area contributed by atoms with Crippen LogP contribution in [0.5, 0.6) is 0 Å². The van der Waals surface area contributed by atoms with E-state index in [1.807, 2.05) is 0 Å². The highest BCUT2D eigenvalue weighted by atomic mass is 35.5. The fraction of sp³-hybridized carbons (Fsp3) is 0.500. The second-order valence-corrected chi connectivity index (χ2v) is 14.1. The first kappa shape index (κ1) is 30.7. The summed E-state index contributed by atoms with van der Waals surface area (Å²) >= 11 is 6.25. The van der Waals surface area contributed by atoms with Gasteiger partial charge in [-0.2, -0.15) is 0 Å². The largest absolute Gasteiger partial charge is 0.390 e. The van der Waals surface area contributed by atoms with Gasteiger partial charge in [-0.25, -0.2) is 21.6 Å². The number of aliphatic hydroxyl groups excluding tert-OH is 2. The van der Waals surface area contributed by atoms with Gasteiger partial charge in [0.25, 0.3) is 5.91 Å². The molecule has 2 aromatic rings. The Labute approximate surface area is 245 Å². The van der Waals surface area contributed by atoms with Crippen LogP contribution in [0.3, 0.4) is 0 Å². The summed E-state index contributed by atoms with van der Waals surface area (Å²) in [4.78, 5) is 25.1. The van der Waals surface area contributed by atoms with Crippen molar-refractivity contribution in [3.63, 3.8) is 0 Å². The van der Waals surface area contributed by atoms with Crippen molar-refractivity contribution in [1.29, 1.82) is 0 Å². The molecule has 3 aliphatic rings. The van der Waals surface area contributed by atoms with E-state index in [1.165, 1.54) is 12.1 Å². The van der Waals surface area contributed by atoms with Crippen molar-refractivity contribution in [1.82, 2.24) is 5.32 Å². The number of aliphatic hydroxyl groups is 3. The first-order valence-corrected chi connectivity index (χ1v) is 15.5. The molecule has 0 aliphatic heterocycles. The fourth-order valence-corrected chi connectivity index (χ4v) is 9.01. The lowest BCUT2D eigenvalue weighted by Gasteiger charge is -2.42. The summed E-state index contributed by atoms with van der Waals surface area (Å²) in [7, 11) is -4.11. The summed E-state index contributed by atoms with van der Waals surface area (Å²) in [5.74, 6) is -7.46. The van der Waals surface area contributed by atoms with E-state index in [2.05, 4.69) is 10.6 Å². The minimum absolute atomic E-state index is 0.0857. The minimum Gasteiger partial charge on any atom is -0.390 e. The van der Waals surface area contributed by atoms with Crippen LogP contribution in [0, 0.1) is 35.2 Å². The monoisotopic (exact) mass is 630 g/mol. The number of benzene rings is 2. The van der Waals surface area contributed by atoms with E-state index < -0.39 is 74.0 Å². The van der Waals surface area contributed by atoms with Gasteiger partial charge in [-0.3, -0.25) is 9.59 Å². The Morgan fingerprint density at radius 2 is 1.52 bits per heavy atom. The molecule has 0 radical (unpaired) electrons. The van der Waals surface area contributed by atoms with Crippen molar-refractivity contribution < 1.29 is 46.5 Å². The van der Waals surface area contributed by atoms with Crippen LogP contribution in [0.2, 0.25) is 5.02 Å². The summed E-state index contributed by atoms with van der Waals surface area (Å²) in [6.07, 6.45) is -0.449. The molecule has 5 rings (SSSR count). The van der Waals surface area contributed by atoms with Gasteiger partial charge in [-0.1, -0.05) is 11.6 Å². The molecule has 6 atom stereocenters. The highest BCUT2D eigenvalue weighted by Gasteiger charge is 2.56. The van der Waals surface area contributed by atoms with Crippen molar-refractivity contribution in [3.05, 3.63) is 58.4 Å². The Morgan fingerprint density at radius 1 is 0.952 bits per heavy atom. The molecule has 2 bridgehead atoms. The molecular weight excluding hydrogens is 601 g/mol. The number of carbonyl (C=O) groups excluding carboxylic acids is 2. The van der Waals surface area contributed by atoms with E-state index in [-0.39, 0.29) is 59.3 Å². The summed E-state index contributed by atoms with van der Waals surface area (Å²) in [5.41, 5.74) is -1.86. The molecule has 0 saturated heterocycles. The molecule has 3 unspecified atom stereocenters. The maximum Gasteiger partial charge on any atom is 0.255 e. The number of amides is 2. The van der Waals surface area contributed by atoms with Crippen molar-refractivity contribution in [3.8, 4) is 0 Å². The second-order valence-electron chi connectivity index (χ2n) is 11.5. The molecule has 5 N–H and O–H groups in total. The Hall–Kier alpha value is -2.71. The number of rotatable bonds is 7. The molecule has 3 saturated carbocycles. The van der Waals surface area contributed by atoms with Crippen LogP contribution in [0.15, 0.2) is 35.2 Å². The van der Waals surface area contributed by atoms with Crippen LogP contribution >= 0.6 is 11.6 Å². The zero-order valence-electron chi connectivity index (χ0n) is 22.2. The predicted octanol–water partition coefficient (Wildman–Crippen LogP) is 2.95. The molecular formula is C28H30ClF3N2O7S. The van der Waals surface area contributed by atoms with Gasteiger partial charge in [0.1, 0.15) is 0 Å².